The van der Waals surface area contributed by atoms with Crippen LogP contribution in [0.15, 0.2) is 12.1 Å². The summed E-state index contributed by atoms with van der Waals surface area (Å²) in [6.07, 6.45) is 1.42. The molecule has 17 heavy (non-hydrogen) atoms. The van der Waals surface area contributed by atoms with Gasteiger partial charge >= 0.3 is 0 Å². The Morgan fingerprint density at radius 1 is 1.29 bits per heavy atom. The van der Waals surface area contributed by atoms with Crippen LogP contribution < -0.4 is 15.2 Å². The van der Waals surface area contributed by atoms with Crippen LogP contribution in [0.5, 0.6) is 17.2 Å². The van der Waals surface area contributed by atoms with Crippen LogP contribution in [0.2, 0.25) is 0 Å². The topological polar surface area (TPSA) is 64.7 Å². The minimum absolute atomic E-state index is 0.155. The SMILES string of the molecule is CC(C)(N)Cc1ccc2c(c1O)OCCCO2. The van der Waals surface area contributed by atoms with E-state index in [2.05, 4.69) is 0 Å². The molecule has 2 rings (SSSR count). The Hall–Kier alpha value is -1.42. The van der Waals surface area contributed by atoms with Gasteiger partial charge in [-0.25, -0.2) is 0 Å². The molecule has 0 radical (unpaired) electrons. The molecule has 1 aliphatic rings. The van der Waals surface area contributed by atoms with E-state index in [-0.39, 0.29) is 11.3 Å². The van der Waals surface area contributed by atoms with E-state index in [1.165, 1.54) is 0 Å². The van der Waals surface area contributed by atoms with Crippen molar-refractivity contribution in [3.05, 3.63) is 17.7 Å². The quantitative estimate of drug-likeness (QED) is 0.823. The second kappa shape index (κ2) is 4.45. The summed E-state index contributed by atoms with van der Waals surface area (Å²) < 4.78 is 11.0. The zero-order chi connectivity index (χ0) is 12.5. The Labute approximate surface area is 101 Å². The van der Waals surface area contributed by atoms with Gasteiger partial charge in [-0.2, -0.15) is 0 Å². The van der Waals surface area contributed by atoms with Crippen molar-refractivity contribution >= 4 is 0 Å². The molecule has 1 heterocycles. The number of benzene rings is 1. The molecule has 0 saturated carbocycles. The number of hydrogen-bond donors (Lipinski definition) is 2. The summed E-state index contributed by atoms with van der Waals surface area (Å²) in [5, 5.41) is 10.2. The largest absolute Gasteiger partial charge is 0.504 e. The van der Waals surface area contributed by atoms with Crippen LogP contribution in [0.1, 0.15) is 25.8 Å². The standard InChI is InChI=1S/C13H19NO3/c1-13(2,14)8-9-4-5-10-12(11(9)15)17-7-3-6-16-10/h4-5,15H,3,6-8,14H2,1-2H3. The molecular formula is C13H19NO3. The molecule has 0 bridgehead atoms. The third kappa shape index (κ3) is 2.82. The van der Waals surface area contributed by atoms with Gasteiger partial charge in [0, 0.05) is 12.0 Å². The molecule has 0 fully saturated rings. The van der Waals surface area contributed by atoms with Gasteiger partial charge in [0.2, 0.25) is 5.75 Å². The maximum Gasteiger partial charge on any atom is 0.203 e. The van der Waals surface area contributed by atoms with Gasteiger partial charge in [0.15, 0.2) is 11.5 Å². The molecule has 4 heteroatoms. The number of phenolic OH excluding ortho intramolecular Hbond substituents is 1. The van der Waals surface area contributed by atoms with Crippen molar-refractivity contribution in [3.8, 4) is 17.2 Å². The zero-order valence-electron chi connectivity index (χ0n) is 10.3. The summed E-state index contributed by atoms with van der Waals surface area (Å²) in [6.45, 7) is 5.04. The van der Waals surface area contributed by atoms with E-state index in [1.807, 2.05) is 26.0 Å². The van der Waals surface area contributed by atoms with Crippen LogP contribution in [0.4, 0.5) is 0 Å². The third-order valence-corrected chi connectivity index (χ3v) is 2.62. The van der Waals surface area contributed by atoms with E-state index in [9.17, 15) is 5.11 Å². The van der Waals surface area contributed by atoms with Crippen molar-refractivity contribution in [1.82, 2.24) is 0 Å². The number of nitrogens with two attached hydrogens (primary N) is 1. The van der Waals surface area contributed by atoms with Gasteiger partial charge in [0.1, 0.15) is 0 Å². The highest BCUT2D eigenvalue weighted by Gasteiger charge is 2.21. The van der Waals surface area contributed by atoms with E-state index >= 15 is 0 Å². The van der Waals surface area contributed by atoms with Crippen molar-refractivity contribution in [1.29, 1.82) is 0 Å². The van der Waals surface area contributed by atoms with Crippen LogP contribution in [0.3, 0.4) is 0 Å². The van der Waals surface area contributed by atoms with E-state index in [0.29, 0.717) is 31.1 Å². The molecular weight excluding hydrogens is 218 g/mol. The number of fused-ring (bicyclic) bond motifs is 1. The predicted molar refractivity (Wildman–Crippen MR) is 65.7 cm³/mol. The maximum absolute atomic E-state index is 10.2. The van der Waals surface area contributed by atoms with Crippen molar-refractivity contribution in [2.75, 3.05) is 13.2 Å². The van der Waals surface area contributed by atoms with Crippen LogP contribution in [0.25, 0.3) is 0 Å². The predicted octanol–water partition coefficient (Wildman–Crippen LogP) is 1.83. The Balaban J connectivity index is 2.34. The number of aromatic hydroxyl groups is 1. The number of phenols is 1. The summed E-state index contributed by atoms with van der Waals surface area (Å²) in [5.74, 6) is 1.21. The molecule has 4 nitrogen and oxygen atoms in total. The first-order valence-corrected chi connectivity index (χ1v) is 5.87. The van der Waals surface area contributed by atoms with Crippen molar-refractivity contribution in [2.24, 2.45) is 5.73 Å². The summed E-state index contributed by atoms with van der Waals surface area (Å²) in [6, 6.07) is 3.68. The molecule has 1 aliphatic heterocycles. The molecule has 0 unspecified atom stereocenters. The molecule has 0 aromatic heterocycles. The van der Waals surface area contributed by atoms with Gasteiger partial charge in [-0.05, 0) is 31.9 Å². The average Bonchev–Trinajstić information content (AvgIpc) is 2.46. The lowest BCUT2D eigenvalue weighted by atomic mass is 9.95. The fourth-order valence-electron chi connectivity index (χ4n) is 1.90. The van der Waals surface area contributed by atoms with Crippen molar-refractivity contribution < 1.29 is 14.6 Å². The minimum Gasteiger partial charge on any atom is -0.504 e. The summed E-state index contributed by atoms with van der Waals surface area (Å²) >= 11 is 0. The summed E-state index contributed by atoms with van der Waals surface area (Å²) in [5.41, 5.74) is 6.39. The van der Waals surface area contributed by atoms with Gasteiger partial charge in [-0.3, -0.25) is 0 Å². The van der Waals surface area contributed by atoms with Crippen LogP contribution >= 0.6 is 0 Å². The van der Waals surface area contributed by atoms with Gasteiger partial charge < -0.3 is 20.3 Å². The van der Waals surface area contributed by atoms with E-state index in [1.54, 1.807) is 0 Å². The number of hydrogen-bond acceptors (Lipinski definition) is 4. The summed E-state index contributed by atoms with van der Waals surface area (Å²) in [4.78, 5) is 0. The van der Waals surface area contributed by atoms with Crippen molar-refractivity contribution in [3.63, 3.8) is 0 Å². The fourth-order valence-corrected chi connectivity index (χ4v) is 1.90. The number of rotatable bonds is 2. The van der Waals surface area contributed by atoms with E-state index in [0.717, 1.165) is 12.0 Å². The molecule has 3 N–H and O–H groups in total. The first-order chi connectivity index (χ1) is 7.97. The van der Waals surface area contributed by atoms with Crippen molar-refractivity contribution in [2.45, 2.75) is 32.2 Å². The zero-order valence-corrected chi connectivity index (χ0v) is 10.3. The van der Waals surface area contributed by atoms with Gasteiger partial charge in [-0.1, -0.05) is 6.07 Å². The normalized spacial score (nSPS) is 15.5. The van der Waals surface area contributed by atoms with Gasteiger partial charge in [0.05, 0.1) is 13.2 Å². The monoisotopic (exact) mass is 237 g/mol. The molecule has 0 aliphatic carbocycles. The molecule has 94 valence electrons. The fraction of sp³-hybridized carbons (Fsp3) is 0.538. The Kier molecular flexibility index (Phi) is 3.15. The Morgan fingerprint density at radius 3 is 2.71 bits per heavy atom. The highest BCUT2D eigenvalue weighted by atomic mass is 16.5. The second-order valence-electron chi connectivity index (χ2n) is 5.12. The average molecular weight is 237 g/mol. The highest BCUT2D eigenvalue weighted by Crippen LogP contribution is 2.41. The molecule has 0 amide bonds. The third-order valence-electron chi connectivity index (χ3n) is 2.62. The van der Waals surface area contributed by atoms with E-state index < -0.39 is 0 Å². The highest BCUT2D eigenvalue weighted by molar-refractivity contribution is 5.55. The van der Waals surface area contributed by atoms with Crippen LogP contribution in [-0.4, -0.2) is 23.9 Å². The molecule has 1 aromatic rings. The first-order valence-electron chi connectivity index (χ1n) is 5.87. The van der Waals surface area contributed by atoms with Gasteiger partial charge in [0.25, 0.3) is 0 Å². The Morgan fingerprint density at radius 2 is 2.00 bits per heavy atom. The molecule has 0 saturated heterocycles. The van der Waals surface area contributed by atoms with Crippen LogP contribution in [-0.2, 0) is 6.42 Å². The van der Waals surface area contributed by atoms with Crippen LogP contribution in [0, 0.1) is 0 Å². The lowest BCUT2D eigenvalue weighted by molar-refractivity contribution is 0.291. The first kappa shape index (κ1) is 12.0. The summed E-state index contributed by atoms with van der Waals surface area (Å²) in [7, 11) is 0. The lowest BCUT2D eigenvalue weighted by Gasteiger charge is -2.20. The second-order valence-corrected chi connectivity index (χ2v) is 5.12. The molecule has 1 aromatic carbocycles. The van der Waals surface area contributed by atoms with Gasteiger partial charge in [-0.15, -0.1) is 0 Å². The molecule has 0 spiro atoms. The molecule has 0 atom stereocenters. The Bertz CT molecular complexity index is 410. The minimum atomic E-state index is -0.364. The smallest absolute Gasteiger partial charge is 0.203 e. The lowest BCUT2D eigenvalue weighted by Crippen LogP contribution is -2.34. The van der Waals surface area contributed by atoms with E-state index in [4.69, 9.17) is 15.2 Å². The number of ether oxygens (including phenoxy) is 2. The maximum atomic E-state index is 10.2.